The molecule has 9 nitrogen and oxygen atoms in total. The van der Waals surface area contributed by atoms with Crippen LogP contribution in [0.3, 0.4) is 0 Å². The van der Waals surface area contributed by atoms with Gasteiger partial charge < -0.3 is 19.9 Å². The van der Waals surface area contributed by atoms with Gasteiger partial charge >= 0.3 is 0 Å². The van der Waals surface area contributed by atoms with Gasteiger partial charge in [-0.15, -0.1) is 0 Å². The quantitative estimate of drug-likeness (QED) is 0.228. The molecule has 0 bridgehead atoms. The van der Waals surface area contributed by atoms with E-state index in [1.807, 2.05) is 44.2 Å². The molecule has 4 aromatic rings. The van der Waals surface area contributed by atoms with Crippen LogP contribution < -0.4 is 15.0 Å². The van der Waals surface area contributed by atoms with Crippen molar-refractivity contribution in [2.75, 3.05) is 32.1 Å². The van der Waals surface area contributed by atoms with E-state index in [1.165, 1.54) is 17.2 Å². The second-order valence-corrected chi connectivity index (χ2v) is 10.5. The summed E-state index contributed by atoms with van der Waals surface area (Å²) in [4.78, 5) is 49.1. The van der Waals surface area contributed by atoms with E-state index in [4.69, 9.17) is 27.9 Å². The number of carbonyl (C=O) groups is 3. The Morgan fingerprint density at radius 1 is 1.02 bits per heavy atom. The van der Waals surface area contributed by atoms with Crippen LogP contribution in [0.15, 0.2) is 66.9 Å². The molecular weight excluding hydrogens is 589 g/mol. The van der Waals surface area contributed by atoms with Crippen molar-refractivity contribution >= 4 is 63.6 Å². The Morgan fingerprint density at radius 3 is 2.53 bits per heavy atom. The molecule has 2 aromatic carbocycles. The number of para-hydroxylation sites is 1. The van der Waals surface area contributed by atoms with Crippen LogP contribution in [-0.4, -0.2) is 59.8 Å². The lowest BCUT2D eigenvalue weighted by Gasteiger charge is -2.21. The summed E-state index contributed by atoms with van der Waals surface area (Å²) < 4.78 is 6.07. The van der Waals surface area contributed by atoms with Crippen LogP contribution in [0.4, 0.5) is 5.69 Å². The normalized spacial score (nSPS) is 11.0. The summed E-state index contributed by atoms with van der Waals surface area (Å²) in [5, 5.41) is 4.17. The smallest absolute Gasteiger partial charge is 0.272 e. The van der Waals surface area contributed by atoms with Gasteiger partial charge in [0.1, 0.15) is 23.6 Å². The van der Waals surface area contributed by atoms with Gasteiger partial charge in [-0.3, -0.25) is 19.4 Å². The number of fused-ring (bicyclic) bond motifs is 1. The van der Waals surface area contributed by atoms with E-state index >= 15 is 0 Å². The number of likely N-dealkylation sites (N-methyl/N-ethyl adjacent to an activating group) is 1. The number of rotatable bonds is 10. The molecule has 11 heteroatoms. The van der Waals surface area contributed by atoms with Gasteiger partial charge in [-0.1, -0.05) is 47.5 Å². The van der Waals surface area contributed by atoms with Gasteiger partial charge in [-0.25, -0.2) is 4.98 Å². The molecule has 0 fully saturated rings. The van der Waals surface area contributed by atoms with Crippen molar-refractivity contribution in [3.05, 3.63) is 99.4 Å². The summed E-state index contributed by atoms with van der Waals surface area (Å²) in [6.07, 6.45) is 4.34. The highest BCUT2D eigenvalue weighted by molar-refractivity contribution is 6.38. The van der Waals surface area contributed by atoms with Crippen molar-refractivity contribution in [2.45, 2.75) is 20.5 Å². The number of carbonyl (C=O) groups excluding carboxylic acids is 3. The van der Waals surface area contributed by atoms with Gasteiger partial charge in [0.05, 0.1) is 17.3 Å². The summed E-state index contributed by atoms with van der Waals surface area (Å²) in [6, 6.07) is 16.1. The molecule has 0 spiro atoms. The van der Waals surface area contributed by atoms with Gasteiger partial charge in [0.2, 0.25) is 11.8 Å². The van der Waals surface area contributed by atoms with Crippen molar-refractivity contribution in [3.8, 4) is 5.75 Å². The van der Waals surface area contributed by atoms with Crippen molar-refractivity contribution in [1.82, 2.24) is 20.2 Å². The number of ether oxygens (including phenoxy) is 1. The van der Waals surface area contributed by atoms with Crippen LogP contribution in [0, 0.1) is 6.92 Å². The lowest BCUT2D eigenvalue weighted by atomic mass is 10.1. The minimum absolute atomic E-state index is 0.0586. The Kier molecular flexibility index (Phi) is 10.3. The van der Waals surface area contributed by atoms with Gasteiger partial charge in [0.15, 0.2) is 0 Å². The number of aromatic nitrogens is 2. The van der Waals surface area contributed by atoms with E-state index in [9.17, 15) is 14.4 Å². The fourth-order valence-electron chi connectivity index (χ4n) is 4.08. The molecule has 1 N–H and O–H groups in total. The minimum atomic E-state index is -0.470. The summed E-state index contributed by atoms with van der Waals surface area (Å²) in [5.74, 6) is -0.460. The highest BCUT2D eigenvalue weighted by Gasteiger charge is 2.19. The number of anilines is 1. The molecule has 2 aromatic heterocycles. The molecule has 4 rings (SSSR count). The first-order valence-electron chi connectivity index (χ1n) is 13.5. The Bertz CT molecular complexity index is 1690. The Hall–Kier alpha value is -4.47. The number of nitrogens with zero attached hydrogens (tertiary/aromatic N) is 4. The van der Waals surface area contributed by atoms with E-state index in [-0.39, 0.29) is 24.1 Å². The van der Waals surface area contributed by atoms with E-state index < -0.39 is 11.8 Å². The monoisotopic (exact) mass is 619 g/mol. The van der Waals surface area contributed by atoms with Gasteiger partial charge in [-0.05, 0) is 55.8 Å². The summed E-state index contributed by atoms with van der Waals surface area (Å²) in [7, 11) is 3.26. The third-order valence-electron chi connectivity index (χ3n) is 6.76. The van der Waals surface area contributed by atoms with E-state index in [2.05, 4.69) is 15.3 Å². The zero-order chi connectivity index (χ0) is 31.1. The lowest BCUT2D eigenvalue weighted by Crippen LogP contribution is -2.37. The van der Waals surface area contributed by atoms with Crippen LogP contribution in [-0.2, 0) is 16.2 Å². The number of pyridine rings is 2. The summed E-state index contributed by atoms with van der Waals surface area (Å²) in [5.41, 5.74) is 3.47. The van der Waals surface area contributed by atoms with Crippen LogP contribution in [0.25, 0.3) is 17.0 Å². The number of aryl methyl sites for hydroxylation is 1. The summed E-state index contributed by atoms with van der Waals surface area (Å²) >= 11 is 13.2. The standard InChI is InChI=1S/C32H31Cl2N5O4/c1-5-38(3)32(42)25-14-10-21(17-35-25)11-16-28(40)36-18-29(41)39(4)26-15-13-24(33)23(30(26)34)19-43-27-8-6-7-22-12-9-20(2)37-31(22)27/h6-17H,5,18-19H2,1-4H3,(H,36,40)/b16-11+. The number of halogens is 2. The molecule has 222 valence electrons. The molecule has 0 aliphatic rings. The van der Waals surface area contributed by atoms with Gasteiger partial charge in [0.25, 0.3) is 5.91 Å². The van der Waals surface area contributed by atoms with Crippen molar-refractivity contribution in [3.63, 3.8) is 0 Å². The number of nitrogens with one attached hydrogen (secondary N) is 1. The third-order valence-corrected chi connectivity index (χ3v) is 7.54. The van der Waals surface area contributed by atoms with E-state index in [0.29, 0.717) is 39.8 Å². The molecule has 0 atom stereocenters. The predicted molar refractivity (Wildman–Crippen MR) is 170 cm³/mol. The molecule has 0 unspecified atom stereocenters. The molecular formula is C32H31Cl2N5O4. The molecule has 0 saturated carbocycles. The number of hydrogen-bond donors (Lipinski definition) is 1. The van der Waals surface area contributed by atoms with Crippen LogP contribution in [0.5, 0.6) is 5.75 Å². The van der Waals surface area contributed by atoms with Crippen molar-refractivity contribution in [2.24, 2.45) is 0 Å². The first kappa shape index (κ1) is 31.5. The van der Waals surface area contributed by atoms with Crippen molar-refractivity contribution in [1.29, 1.82) is 0 Å². The zero-order valence-corrected chi connectivity index (χ0v) is 25.7. The van der Waals surface area contributed by atoms with Crippen LogP contribution >= 0.6 is 23.2 Å². The minimum Gasteiger partial charge on any atom is -0.487 e. The van der Waals surface area contributed by atoms with Crippen LogP contribution in [0.1, 0.15) is 34.2 Å². The fourth-order valence-corrected chi connectivity index (χ4v) is 4.68. The largest absolute Gasteiger partial charge is 0.487 e. The molecule has 3 amide bonds. The number of hydrogen-bond acceptors (Lipinski definition) is 6. The SMILES string of the molecule is CCN(C)C(=O)c1ccc(/C=C/C(=O)NCC(=O)N(C)c2ccc(Cl)c(COc3cccc4ccc(C)nc34)c2Cl)cn1. The number of amides is 3. The zero-order valence-electron chi connectivity index (χ0n) is 24.2. The second-order valence-electron chi connectivity index (χ2n) is 9.73. The number of benzene rings is 2. The summed E-state index contributed by atoms with van der Waals surface area (Å²) in [6.45, 7) is 4.15. The molecule has 43 heavy (non-hydrogen) atoms. The Morgan fingerprint density at radius 2 is 1.81 bits per heavy atom. The van der Waals surface area contributed by atoms with E-state index in [0.717, 1.165) is 16.6 Å². The molecule has 0 aliphatic heterocycles. The maximum Gasteiger partial charge on any atom is 0.272 e. The average Bonchev–Trinajstić information content (AvgIpc) is 3.01. The lowest BCUT2D eigenvalue weighted by molar-refractivity contribution is -0.122. The maximum atomic E-state index is 12.9. The molecule has 0 radical (unpaired) electrons. The highest BCUT2D eigenvalue weighted by atomic mass is 35.5. The first-order valence-corrected chi connectivity index (χ1v) is 14.2. The van der Waals surface area contributed by atoms with E-state index in [1.54, 1.807) is 49.3 Å². The second kappa shape index (κ2) is 14.1. The Labute approximate surface area is 260 Å². The maximum absolute atomic E-state index is 12.9. The average molecular weight is 621 g/mol. The highest BCUT2D eigenvalue weighted by Crippen LogP contribution is 2.35. The first-order chi connectivity index (χ1) is 20.6. The van der Waals surface area contributed by atoms with Crippen LogP contribution in [0.2, 0.25) is 10.0 Å². The molecule has 2 heterocycles. The van der Waals surface area contributed by atoms with Gasteiger partial charge in [0, 0.05) is 54.6 Å². The molecule has 0 saturated heterocycles. The Balaban J connectivity index is 1.37. The third kappa shape index (κ3) is 7.68. The van der Waals surface area contributed by atoms with Gasteiger partial charge in [-0.2, -0.15) is 0 Å². The fraction of sp³-hybridized carbons (Fsp3) is 0.219. The topological polar surface area (TPSA) is 105 Å². The molecule has 0 aliphatic carbocycles. The predicted octanol–water partition coefficient (Wildman–Crippen LogP) is 5.71. The van der Waals surface area contributed by atoms with Crippen molar-refractivity contribution < 1.29 is 19.1 Å².